The molecule has 5 heteroatoms. The summed E-state index contributed by atoms with van der Waals surface area (Å²) in [4.78, 5) is 13.2. The molecule has 1 aliphatic rings. The van der Waals surface area contributed by atoms with Gasteiger partial charge in [-0.1, -0.05) is 13.8 Å². The molecule has 0 unspecified atom stereocenters. The van der Waals surface area contributed by atoms with Crippen LogP contribution in [0.4, 0.5) is 5.95 Å². The molecule has 1 fully saturated rings. The van der Waals surface area contributed by atoms with Crippen LogP contribution in [0.15, 0.2) is 18.5 Å². The van der Waals surface area contributed by atoms with Gasteiger partial charge in [-0.05, 0) is 6.07 Å². The molecule has 0 spiro atoms. The van der Waals surface area contributed by atoms with Gasteiger partial charge < -0.3 is 9.64 Å². The molecule has 0 bridgehead atoms. The third-order valence-corrected chi connectivity index (χ3v) is 2.82. The van der Waals surface area contributed by atoms with Gasteiger partial charge in [0.1, 0.15) is 0 Å². The summed E-state index contributed by atoms with van der Waals surface area (Å²) in [6.45, 7) is 9.92. The molecule has 0 atom stereocenters. The zero-order valence-electron chi connectivity index (χ0n) is 11.7. The average molecular weight is 252 g/mol. The van der Waals surface area contributed by atoms with Gasteiger partial charge >= 0.3 is 0 Å². The number of ether oxygens (including phenoxy) is 1. The summed E-state index contributed by atoms with van der Waals surface area (Å²) in [7, 11) is 1.74. The lowest BCUT2D eigenvalue weighted by Gasteiger charge is -2.34. The minimum Gasteiger partial charge on any atom is -0.383 e. The van der Waals surface area contributed by atoms with Gasteiger partial charge in [0.15, 0.2) is 0 Å². The van der Waals surface area contributed by atoms with Crippen molar-refractivity contribution in [2.24, 2.45) is 0 Å². The van der Waals surface area contributed by atoms with Gasteiger partial charge in [0.2, 0.25) is 5.95 Å². The second-order valence-electron chi connectivity index (χ2n) is 3.87. The number of rotatable bonds is 4. The summed E-state index contributed by atoms with van der Waals surface area (Å²) in [5.41, 5.74) is 0. The molecule has 0 saturated carbocycles. The van der Waals surface area contributed by atoms with E-state index in [4.69, 9.17) is 4.74 Å². The minimum atomic E-state index is 0.807. The number of methoxy groups -OCH3 is 1. The largest absolute Gasteiger partial charge is 0.383 e. The molecule has 102 valence electrons. The molecule has 1 aromatic rings. The maximum Gasteiger partial charge on any atom is 0.225 e. The van der Waals surface area contributed by atoms with E-state index in [0.29, 0.717) is 0 Å². The van der Waals surface area contributed by atoms with Crippen LogP contribution in [0.5, 0.6) is 0 Å². The van der Waals surface area contributed by atoms with Gasteiger partial charge in [-0.2, -0.15) is 0 Å². The SMILES string of the molecule is CC.COCCN1CCN(c2ncccn2)CC1. The molecular weight excluding hydrogens is 228 g/mol. The summed E-state index contributed by atoms with van der Waals surface area (Å²) in [5, 5.41) is 0. The molecule has 1 saturated heterocycles. The van der Waals surface area contributed by atoms with Crippen molar-refractivity contribution in [2.45, 2.75) is 13.8 Å². The standard InChI is InChI=1S/C11H18N4O.C2H6/c1-16-10-9-14-5-7-15(8-6-14)11-12-3-2-4-13-11;1-2/h2-4H,5-10H2,1H3;1-2H3. The maximum absolute atomic E-state index is 5.08. The third-order valence-electron chi connectivity index (χ3n) is 2.82. The highest BCUT2D eigenvalue weighted by atomic mass is 16.5. The van der Waals surface area contributed by atoms with E-state index in [1.54, 1.807) is 19.5 Å². The second kappa shape index (κ2) is 8.83. The molecule has 0 aliphatic carbocycles. The molecule has 0 N–H and O–H groups in total. The quantitative estimate of drug-likeness (QED) is 0.807. The minimum absolute atomic E-state index is 0.807. The van der Waals surface area contributed by atoms with Crippen LogP contribution in [-0.4, -0.2) is 61.3 Å². The predicted molar refractivity (Wildman–Crippen MR) is 73.9 cm³/mol. The summed E-state index contributed by atoms with van der Waals surface area (Å²) in [6, 6.07) is 1.85. The van der Waals surface area contributed by atoms with Gasteiger partial charge in [0.05, 0.1) is 6.61 Å². The van der Waals surface area contributed by atoms with Crippen LogP contribution in [0, 0.1) is 0 Å². The highest BCUT2D eigenvalue weighted by molar-refractivity contribution is 5.29. The Morgan fingerprint density at radius 2 is 1.72 bits per heavy atom. The Hall–Kier alpha value is -1.20. The molecule has 2 heterocycles. The zero-order valence-corrected chi connectivity index (χ0v) is 11.7. The smallest absolute Gasteiger partial charge is 0.225 e. The van der Waals surface area contributed by atoms with Crippen LogP contribution >= 0.6 is 0 Å². The summed E-state index contributed by atoms with van der Waals surface area (Å²) in [5.74, 6) is 0.842. The van der Waals surface area contributed by atoms with Crippen LogP contribution in [0.25, 0.3) is 0 Å². The Morgan fingerprint density at radius 1 is 1.11 bits per heavy atom. The Bertz CT molecular complexity index is 299. The fraction of sp³-hybridized carbons (Fsp3) is 0.692. The van der Waals surface area contributed by atoms with E-state index in [0.717, 1.165) is 45.3 Å². The number of anilines is 1. The van der Waals surface area contributed by atoms with Gasteiger partial charge in [-0.25, -0.2) is 9.97 Å². The average Bonchev–Trinajstić information content (AvgIpc) is 2.49. The topological polar surface area (TPSA) is 41.5 Å². The lowest BCUT2D eigenvalue weighted by Crippen LogP contribution is -2.47. The first-order valence-corrected chi connectivity index (χ1v) is 6.63. The Balaban J connectivity index is 0.000000771. The Labute approximate surface area is 110 Å². The van der Waals surface area contributed by atoms with E-state index in [-0.39, 0.29) is 0 Å². The monoisotopic (exact) mass is 252 g/mol. The fourth-order valence-corrected chi connectivity index (χ4v) is 1.85. The molecule has 1 aliphatic heterocycles. The van der Waals surface area contributed by atoms with Gasteiger partial charge in [0.25, 0.3) is 0 Å². The molecule has 5 nitrogen and oxygen atoms in total. The maximum atomic E-state index is 5.08. The Kier molecular flexibility index (Phi) is 7.29. The number of nitrogens with zero attached hydrogens (tertiary/aromatic N) is 4. The van der Waals surface area contributed by atoms with Crippen molar-refractivity contribution in [3.05, 3.63) is 18.5 Å². The molecule has 1 aromatic heterocycles. The van der Waals surface area contributed by atoms with Crippen molar-refractivity contribution >= 4 is 5.95 Å². The van der Waals surface area contributed by atoms with E-state index in [9.17, 15) is 0 Å². The summed E-state index contributed by atoms with van der Waals surface area (Å²) in [6.07, 6.45) is 3.58. The first-order valence-electron chi connectivity index (χ1n) is 6.63. The second-order valence-corrected chi connectivity index (χ2v) is 3.87. The highest BCUT2D eigenvalue weighted by Gasteiger charge is 2.17. The van der Waals surface area contributed by atoms with Crippen LogP contribution in [0.2, 0.25) is 0 Å². The number of hydrogen-bond donors (Lipinski definition) is 0. The van der Waals surface area contributed by atoms with Crippen molar-refractivity contribution in [1.82, 2.24) is 14.9 Å². The summed E-state index contributed by atoms with van der Waals surface area (Å²) < 4.78 is 5.08. The molecule has 0 radical (unpaired) electrons. The van der Waals surface area contributed by atoms with Crippen LogP contribution in [0.3, 0.4) is 0 Å². The van der Waals surface area contributed by atoms with Gasteiger partial charge in [0, 0.05) is 52.2 Å². The van der Waals surface area contributed by atoms with E-state index >= 15 is 0 Å². The molecule has 18 heavy (non-hydrogen) atoms. The summed E-state index contributed by atoms with van der Waals surface area (Å²) >= 11 is 0. The van der Waals surface area contributed by atoms with Crippen molar-refractivity contribution < 1.29 is 4.74 Å². The third kappa shape index (κ3) is 4.58. The van der Waals surface area contributed by atoms with Crippen molar-refractivity contribution in [1.29, 1.82) is 0 Å². The van der Waals surface area contributed by atoms with Crippen LogP contribution in [0.1, 0.15) is 13.8 Å². The van der Waals surface area contributed by atoms with Crippen molar-refractivity contribution in [2.75, 3.05) is 51.3 Å². The number of piperazine rings is 1. The van der Waals surface area contributed by atoms with Crippen LogP contribution < -0.4 is 4.90 Å². The van der Waals surface area contributed by atoms with Crippen LogP contribution in [-0.2, 0) is 4.74 Å². The van der Waals surface area contributed by atoms with Crippen molar-refractivity contribution in [3.8, 4) is 0 Å². The lowest BCUT2D eigenvalue weighted by atomic mass is 10.3. The highest BCUT2D eigenvalue weighted by Crippen LogP contribution is 2.08. The molecule has 0 aromatic carbocycles. The lowest BCUT2D eigenvalue weighted by molar-refractivity contribution is 0.143. The van der Waals surface area contributed by atoms with Gasteiger partial charge in [-0.15, -0.1) is 0 Å². The first kappa shape index (κ1) is 14.9. The van der Waals surface area contributed by atoms with E-state index in [1.165, 1.54) is 0 Å². The number of hydrogen-bond acceptors (Lipinski definition) is 5. The first-order chi connectivity index (χ1) is 8.90. The van der Waals surface area contributed by atoms with Gasteiger partial charge in [-0.3, -0.25) is 4.90 Å². The number of aromatic nitrogens is 2. The zero-order chi connectivity index (χ0) is 13.2. The fourth-order valence-electron chi connectivity index (χ4n) is 1.85. The molecule has 0 amide bonds. The van der Waals surface area contributed by atoms with E-state index in [1.807, 2.05) is 19.9 Å². The molecule has 2 rings (SSSR count). The molecular formula is C13H24N4O. The Morgan fingerprint density at radius 3 is 2.28 bits per heavy atom. The van der Waals surface area contributed by atoms with E-state index in [2.05, 4.69) is 19.8 Å². The normalized spacial score (nSPS) is 16.1. The predicted octanol–water partition coefficient (Wildman–Crippen LogP) is 1.27. The van der Waals surface area contributed by atoms with Crippen molar-refractivity contribution in [3.63, 3.8) is 0 Å². The van der Waals surface area contributed by atoms with E-state index < -0.39 is 0 Å².